The van der Waals surface area contributed by atoms with E-state index in [1.807, 2.05) is 18.3 Å². The smallest absolute Gasteiger partial charge is 0.243 e. The summed E-state index contributed by atoms with van der Waals surface area (Å²) in [5, 5.41) is 7.79. The summed E-state index contributed by atoms with van der Waals surface area (Å²) in [7, 11) is 0. The summed E-state index contributed by atoms with van der Waals surface area (Å²) in [4.78, 5) is 4.48. The Labute approximate surface area is 108 Å². The maximum absolute atomic E-state index is 4.48. The fourth-order valence-electron chi connectivity index (χ4n) is 2.04. The lowest BCUT2D eigenvalue weighted by Crippen LogP contribution is -2.20. The first kappa shape index (κ1) is 10.8. The van der Waals surface area contributed by atoms with Crippen molar-refractivity contribution < 1.29 is 0 Å². The lowest BCUT2D eigenvalue weighted by Gasteiger charge is -2.17. The van der Waals surface area contributed by atoms with Crippen LogP contribution in [0.5, 0.6) is 0 Å². The maximum atomic E-state index is 4.48. The van der Waals surface area contributed by atoms with E-state index in [0.717, 1.165) is 29.4 Å². The minimum atomic E-state index is 0.455. The third kappa shape index (κ3) is 2.20. The minimum absolute atomic E-state index is 0.455. The highest BCUT2D eigenvalue weighted by atomic mass is 79.9. The number of allylic oxidation sites excluding steroid dienone is 1. The van der Waals surface area contributed by atoms with Crippen molar-refractivity contribution in [2.24, 2.45) is 0 Å². The summed E-state index contributed by atoms with van der Waals surface area (Å²) in [6.45, 7) is 0. The third-order valence-electron chi connectivity index (χ3n) is 2.92. The van der Waals surface area contributed by atoms with Crippen LogP contribution >= 0.6 is 15.9 Å². The first-order valence-electron chi connectivity index (χ1n) is 5.75. The van der Waals surface area contributed by atoms with Crippen molar-refractivity contribution in [2.45, 2.75) is 25.3 Å². The van der Waals surface area contributed by atoms with Gasteiger partial charge < -0.3 is 5.32 Å². The molecule has 1 N–H and O–H groups in total. The van der Waals surface area contributed by atoms with Gasteiger partial charge in [-0.05, 0) is 47.3 Å². The second kappa shape index (κ2) is 4.49. The molecular weight excluding hydrogens is 280 g/mol. The van der Waals surface area contributed by atoms with Crippen molar-refractivity contribution in [3.8, 4) is 0 Å². The molecule has 0 bridgehead atoms. The van der Waals surface area contributed by atoms with Gasteiger partial charge in [0, 0.05) is 12.2 Å². The summed E-state index contributed by atoms with van der Waals surface area (Å²) < 4.78 is 2.74. The molecule has 5 heteroatoms. The SMILES string of the molecule is Brc1cccn2nc(NC3CC=CCC3)nc12. The van der Waals surface area contributed by atoms with E-state index in [1.165, 1.54) is 0 Å². The van der Waals surface area contributed by atoms with Crippen LogP contribution in [0.1, 0.15) is 19.3 Å². The number of fused-ring (bicyclic) bond motifs is 1. The van der Waals surface area contributed by atoms with Crippen LogP contribution < -0.4 is 5.32 Å². The molecule has 1 unspecified atom stereocenters. The standard InChI is InChI=1S/C12H13BrN4/c13-10-7-4-8-17-11(10)15-12(16-17)14-9-5-2-1-3-6-9/h1-2,4,7-9H,3,5-6H2,(H,14,16). The molecule has 2 aromatic heterocycles. The lowest BCUT2D eigenvalue weighted by molar-refractivity contribution is 0.639. The van der Waals surface area contributed by atoms with Gasteiger partial charge in [0.2, 0.25) is 5.95 Å². The lowest BCUT2D eigenvalue weighted by atomic mass is 10.0. The summed E-state index contributed by atoms with van der Waals surface area (Å²) in [6, 6.07) is 4.37. The Kier molecular flexibility index (Phi) is 2.84. The number of nitrogens with one attached hydrogen (secondary N) is 1. The normalized spacial score (nSPS) is 19.7. The zero-order valence-electron chi connectivity index (χ0n) is 9.31. The Morgan fingerprint density at radius 3 is 3.12 bits per heavy atom. The molecule has 3 rings (SSSR count). The molecule has 17 heavy (non-hydrogen) atoms. The minimum Gasteiger partial charge on any atom is -0.350 e. The van der Waals surface area contributed by atoms with Gasteiger partial charge in [0.1, 0.15) is 0 Å². The zero-order chi connectivity index (χ0) is 11.7. The van der Waals surface area contributed by atoms with E-state index < -0.39 is 0 Å². The van der Waals surface area contributed by atoms with Gasteiger partial charge in [0.25, 0.3) is 0 Å². The largest absolute Gasteiger partial charge is 0.350 e. The molecular formula is C12H13BrN4. The Hall–Kier alpha value is -1.36. The Morgan fingerprint density at radius 1 is 1.41 bits per heavy atom. The molecule has 1 aliphatic carbocycles. The predicted molar refractivity (Wildman–Crippen MR) is 71.1 cm³/mol. The highest BCUT2D eigenvalue weighted by Crippen LogP contribution is 2.19. The summed E-state index contributed by atoms with van der Waals surface area (Å²) in [6.07, 6.45) is 9.68. The van der Waals surface area contributed by atoms with E-state index in [1.54, 1.807) is 4.52 Å². The second-order valence-corrected chi connectivity index (χ2v) is 5.04. The van der Waals surface area contributed by atoms with Gasteiger partial charge in [0.05, 0.1) is 4.47 Å². The van der Waals surface area contributed by atoms with Crippen LogP contribution in [0.3, 0.4) is 0 Å². The summed E-state index contributed by atoms with van der Waals surface area (Å²) in [5.41, 5.74) is 0.848. The number of nitrogens with zero attached hydrogens (tertiary/aromatic N) is 3. The molecule has 2 heterocycles. The average Bonchev–Trinajstić information content (AvgIpc) is 2.74. The Morgan fingerprint density at radius 2 is 2.35 bits per heavy atom. The van der Waals surface area contributed by atoms with E-state index in [-0.39, 0.29) is 0 Å². The molecule has 0 spiro atoms. The maximum Gasteiger partial charge on any atom is 0.243 e. The molecule has 0 aromatic carbocycles. The number of hydrogen-bond acceptors (Lipinski definition) is 3. The fraction of sp³-hybridized carbons (Fsp3) is 0.333. The van der Waals surface area contributed by atoms with E-state index in [4.69, 9.17) is 0 Å². The molecule has 1 aliphatic rings. The Balaban J connectivity index is 1.86. The molecule has 0 saturated heterocycles. The second-order valence-electron chi connectivity index (χ2n) is 4.19. The Bertz CT molecular complexity index is 561. The van der Waals surface area contributed by atoms with Crippen molar-refractivity contribution >= 4 is 27.5 Å². The number of aromatic nitrogens is 3. The van der Waals surface area contributed by atoms with E-state index >= 15 is 0 Å². The van der Waals surface area contributed by atoms with Crippen molar-refractivity contribution in [1.29, 1.82) is 0 Å². The van der Waals surface area contributed by atoms with Crippen LogP contribution in [-0.2, 0) is 0 Å². The van der Waals surface area contributed by atoms with Crippen LogP contribution in [0.15, 0.2) is 35.0 Å². The summed E-state index contributed by atoms with van der Waals surface area (Å²) >= 11 is 3.47. The van der Waals surface area contributed by atoms with Crippen LogP contribution in [0.25, 0.3) is 5.65 Å². The zero-order valence-corrected chi connectivity index (χ0v) is 10.9. The van der Waals surface area contributed by atoms with Gasteiger partial charge in [-0.2, -0.15) is 4.98 Å². The van der Waals surface area contributed by atoms with Crippen LogP contribution in [0, 0.1) is 0 Å². The molecule has 88 valence electrons. The first-order valence-corrected chi connectivity index (χ1v) is 6.54. The molecule has 0 fully saturated rings. The highest BCUT2D eigenvalue weighted by Gasteiger charge is 2.12. The number of halogens is 1. The molecule has 4 nitrogen and oxygen atoms in total. The van der Waals surface area contributed by atoms with E-state index in [9.17, 15) is 0 Å². The molecule has 0 saturated carbocycles. The number of rotatable bonds is 2. The van der Waals surface area contributed by atoms with Gasteiger partial charge in [-0.15, -0.1) is 5.10 Å². The molecule has 0 amide bonds. The number of anilines is 1. The van der Waals surface area contributed by atoms with Crippen molar-refractivity contribution in [2.75, 3.05) is 5.32 Å². The van der Waals surface area contributed by atoms with Gasteiger partial charge in [0.15, 0.2) is 5.65 Å². The van der Waals surface area contributed by atoms with Crippen molar-refractivity contribution in [3.63, 3.8) is 0 Å². The van der Waals surface area contributed by atoms with Gasteiger partial charge in [-0.1, -0.05) is 12.2 Å². The first-order chi connectivity index (χ1) is 8.33. The van der Waals surface area contributed by atoms with Crippen LogP contribution in [-0.4, -0.2) is 20.6 Å². The topological polar surface area (TPSA) is 42.2 Å². The van der Waals surface area contributed by atoms with Crippen molar-refractivity contribution in [3.05, 3.63) is 35.0 Å². The predicted octanol–water partition coefficient (Wildman–Crippen LogP) is 3.01. The fourth-order valence-corrected chi connectivity index (χ4v) is 2.47. The molecule has 2 aromatic rings. The quantitative estimate of drug-likeness (QED) is 0.865. The number of pyridine rings is 1. The van der Waals surface area contributed by atoms with E-state index in [2.05, 4.69) is 43.5 Å². The third-order valence-corrected chi connectivity index (χ3v) is 3.54. The average molecular weight is 293 g/mol. The van der Waals surface area contributed by atoms with Crippen molar-refractivity contribution in [1.82, 2.24) is 14.6 Å². The van der Waals surface area contributed by atoms with Gasteiger partial charge in [-0.25, -0.2) is 4.52 Å². The van der Waals surface area contributed by atoms with Crippen LogP contribution in [0.2, 0.25) is 0 Å². The van der Waals surface area contributed by atoms with E-state index in [0.29, 0.717) is 12.0 Å². The molecule has 0 radical (unpaired) electrons. The molecule has 0 aliphatic heterocycles. The molecule has 1 atom stereocenters. The van der Waals surface area contributed by atoms with Crippen LogP contribution in [0.4, 0.5) is 5.95 Å². The summed E-state index contributed by atoms with van der Waals surface area (Å²) in [5.74, 6) is 0.706. The monoisotopic (exact) mass is 292 g/mol. The number of hydrogen-bond donors (Lipinski definition) is 1. The van der Waals surface area contributed by atoms with Gasteiger partial charge in [-0.3, -0.25) is 0 Å². The highest BCUT2D eigenvalue weighted by molar-refractivity contribution is 9.10. The van der Waals surface area contributed by atoms with Gasteiger partial charge >= 0.3 is 0 Å².